The molecule has 0 fully saturated rings. The van der Waals surface area contributed by atoms with Crippen LogP contribution in [0.25, 0.3) is 0 Å². The van der Waals surface area contributed by atoms with Crippen molar-refractivity contribution in [2.75, 3.05) is 5.73 Å². The Morgan fingerprint density at radius 3 is 2.84 bits per heavy atom. The highest BCUT2D eigenvalue weighted by Crippen LogP contribution is 2.25. The molecule has 0 amide bonds. The predicted molar refractivity (Wildman–Crippen MR) is 71.1 cm³/mol. The van der Waals surface area contributed by atoms with Crippen molar-refractivity contribution in [3.63, 3.8) is 0 Å². The summed E-state index contributed by atoms with van der Waals surface area (Å²) in [4.78, 5) is 6.08. The molecule has 19 heavy (non-hydrogen) atoms. The van der Waals surface area contributed by atoms with E-state index in [1.54, 1.807) is 6.20 Å². The predicted octanol–water partition coefficient (Wildman–Crippen LogP) is 1.37. The number of hydrogen-bond acceptors (Lipinski definition) is 4. The van der Waals surface area contributed by atoms with E-state index in [2.05, 4.69) is 30.6 Å². The molecule has 2 aromatic rings. The van der Waals surface area contributed by atoms with E-state index in [4.69, 9.17) is 5.73 Å². The van der Waals surface area contributed by atoms with Gasteiger partial charge < -0.3 is 10.7 Å². The van der Waals surface area contributed by atoms with Gasteiger partial charge in [-0.15, -0.1) is 0 Å². The number of imidazole rings is 1. The lowest BCUT2D eigenvalue weighted by Crippen LogP contribution is -2.25. The summed E-state index contributed by atoms with van der Waals surface area (Å²) < 4.78 is 40.0. The van der Waals surface area contributed by atoms with Gasteiger partial charge in [0.25, 0.3) is 0 Å². The van der Waals surface area contributed by atoms with Crippen LogP contribution < -0.4 is 10.5 Å². The molecule has 9 heteroatoms. The Balaban J connectivity index is 2.29. The first-order valence-corrected chi connectivity index (χ1v) is 7.40. The molecular formula is C10H10BrFN4O2S. The van der Waals surface area contributed by atoms with Gasteiger partial charge >= 0.3 is 0 Å². The zero-order chi connectivity index (χ0) is 14.0. The SMILES string of the molecule is Nc1cc(Br)c(F)c(S(=O)(=O)NCc2ncc[nH]2)c1. The maximum atomic E-state index is 13.8. The number of nitrogen functional groups attached to an aromatic ring is 1. The minimum absolute atomic E-state index is 0.00845. The third kappa shape index (κ3) is 3.11. The lowest BCUT2D eigenvalue weighted by Gasteiger charge is -2.08. The fourth-order valence-corrected chi connectivity index (χ4v) is 3.14. The molecule has 0 spiro atoms. The number of nitrogens with zero attached hydrogens (tertiary/aromatic N) is 1. The highest BCUT2D eigenvalue weighted by atomic mass is 79.9. The van der Waals surface area contributed by atoms with Crippen molar-refractivity contribution >= 4 is 31.6 Å². The summed E-state index contributed by atoms with van der Waals surface area (Å²) in [5.41, 5.74) is 5.65. The van der Waals surface area contributed by atoms with Gasteiger partial charge in [-0.25, -0.2) is 22.5 Å². The van der Waals surface area contributed by atoms with E-state index in [1.165, 1.54) is 12.3 Å². The second kappa shape index (κ2) is 5.27. The normalized spacial score (nSPS) is 11.7. The molecule has 0 bridgehead atoms. The number of aromatic nitrogens is 2. The van der Waals surface area contributed by atoms with E-state index in [9.17, 15) is 12.8 Å². The number of nitrogens with two attached hydrogens (primary N) is 1. The summed E-state index contributed by atoms with van der Waals surface area (Å²) >= 11 is 2.91. The number of hydrogen-bond donors (Lipinski definition) is 3. The first-order valence-electron chi connectivity index (χ1n) is 5.12. The molecule has 102 valence electrons. The number of rotatable bonds is 4. The average Bonchev–Trinajstić information content (AvgIpc) is 2.84. The minimum Gasteiger partial charge on any atom is -0.399 e. The van der Waals surface area contributed by atoms with E-state index in [1.807, 2.05) is 0 Å². The quantitative estimate of drug-likeness (QED) is 0.726. The summed E-state index contributed by atoms with van der Waals surface area (Å²) in [6.07, 6.45) is 3.04. The zero-order valence-corrected chi connectivity index (χ0v) is 11.9. The number of anilines is 1. The van der Waals surface area contributed by atoms with E-state index in [0.717, 1.165) is 6.07 Å². The van der Waals surface area contributed by atoms with Crippen LogP contribution in [-0.4, -0.2) is 18.4 Å². The number of H-pyrrole nitrogens is 1. The number of aromatic amines is 1. The molecule has 0 saturated heterocycles. The molecule has 1 aromatic heterocycles. The first-order chi connectivity index (χ1) is 8.90. The molecule has 0 unspecified atom stereocenters. The third-order valence-corrected chi connectivity index (χ3v) is 4.27. The third-order valence-electron chi connectivity index (χ3n) is 2.29. The molecular weight excluding hydrogens is 339 g/mol. The van der Waals surface area contributed by atoms with Gasteiger partial charge in [0.2, 0.25) is 10.0 Å². The van der Waals surface area contributed by atoms with Gasteiger partial charge in [-0.05, 0) is 28.1 Å². The molecule has 0 radical (unpaired) electrons. The van der Waals surface area contributed by atoms with Crippen molar-refractivity contribution in [1.82, 2.24) is 14.7 Å². The van der Waals surface area contributed by atoms with Crippen LogP contribution in [0.5, 0.6) is 0 Å². The maximum absolute atomic E-state index is 13.8. The largest absolute Gasteiger partial charge is 0.399 e. The van der Waals surface area contributed by atoms with E-state index in [-0.39, 0.29) is 16.7 Å². The molecule has 4 N–H and O–H groups in total. The standard InChI is InChI=1S/C10H10BrFN4O2S/c11-7-3-6(13)4-8(10(7)12)19(17,18)16-5-9-14-1-2-15-9/h1-4,16H,5,13H2,(H,14,15). The fraction of sp³-hybridized carbons (Fsp3) is 0.100. The van der Waals surface area contributed by atoms with Crippen molar-refractivity contribution in [2.45, 2.75) is 11.4 Å². The summed E-state index contributed by atoms with van der Waals surface area (Å²) in [5.74, 6) is -0.465. The Kier molecular flexibility index (Phi) is 3.88. The second-order valence-electron chi connectivity index (χ2n) is 3.68. The first kappa shape index (κ1) is 14.0. The molecule has 0 aliphatic heterocycles. The van der Waals surface area contributed by atoms with Crippen molar-refractivity contribution in [1.29, 1.82) is 0 Å². The molecule has 0 atom stereocenters. The number of halogens is 2. The Bertz CT molecular complexity index is 688. The van der Waals surface area contributed by atoms with Gasteiger partial charge in [0, 0.05) is 18.1 Å². The van der Waals surface area contributed by atoms with E-state index in [0.29, 0.717) is 5.82 Å². The lowest BCUT2D eigenvalue weighted by molar-refractivity contribution is 0.553. The zero-order valence-electron chi connectivity index (χ0n) is 9.52. The summed E-state index contributed by atoms with van der Waals surface area (Å²) in [6, 6.07) is 2.35. The smallest absolute Gasteiger partial charge is 0.244 e. The van der Waals surface area contributed by atoms with Crippen LogP contribution in [0.15, 0.2) is 33.9 Å². The fourth-order valence-electron chi connectivity index (χ4n) is 1.42. The summed E-state index contributed by atoms with van der Waals surface area (Å²) in [5, 5.41) is 0. The lowest BCUT2D eigenvalue weighted by atomic mass is 10.3. The van der Waals surface area contributed by atoms with Crippen LogP contribution in [0, 0.1) is 5.82 Å². The van der Waals surface area contributed by atoms with Crippen LogP contribution in [0.4, 0.5) is 10.1 Å². The number of benzene rings is 1. The van der Waals surface area contributed by atoms with Crippen LogP contribution in [0.3, 0.4) is 0 Å². The van der Waals surface area contributed by atoms with Crippen molar-refractivity contribution in [2.24, 2.45) is 0 Å². The molecule has 2 rings (SSSR count). The van der Waals surface area contributed by atoms with Crippen LogP contribution in [0.2, 0.25) is 0 Å². The molecule has 0 aliphatic carbocycles. The summed E-state index contributed by atoms with van der Waals surface area (Å²) in [6.45, 7) is -0.0683. The molecule has 0 saturated carbocycles. The van der Waals surface area contributed by atoms with Crippen molar-refractivity contribution in [3.8, 4) is 0 Å². The number of sulfonamides is 1. The summed E-state index contributed by atoms with van der Waals surface area (Å²) in [7, 11) is -4.01. The second-order valence-corrected chi connectivity index (χ2v) is 6.26. The highest BCUT2D eigenvalue weighted by Gasteiger charge is 2.21. The molecule has 0 aliphatic rings. The van der Waals surface area contributed by atoms with Gasteiger partial charge in [0.05, 0.1) is 11.0 Å². The Hall–Kier alpha value is -1.45. The monoisotopic (exact) mass is 348 g/mol. The van der Waals surface area contributed by atoms with Crippen LogP contribution >= 0.6 is 15.9 Å². The highest BCUT2D eigenvalue weighted by molar-refractivity contribution is 9.10. The Morgan fingerprint density at radius 2 is 2.21 bits per heavy atom. The average molecular weight is 349 g/mol. The molecule has 1 heterocycles. The van der Waals surface area contributed by atoms with Gasteiger partial charge in [-0.2, -0.15) is 0 Å². The minimum atomic E-state index is -4.01. The number of nitrogens with one attached hydrogen (secondary N) is 2. The van der Waals surface area contributed by atoms with Crippen LogP contribution in [0.1, 0.15) is 5.82 Å². The molecule has 1 aromatic carbocycles. The van der Waals surface area contributed by atoms with Crippen molar-refractivity contribution < 1.29 is 12.8 Å². The van der Waals surface area contributed by atoms with E-state index < -0.39 is 20.7 Å². The van der Waals surface area contributed by atoms with Gasteiger partial charge in [-0.3, -0.25) is 0 Å². The van der Waals surface area contributed by atoms with Crippen molar-refractivity contribution in [3.05, 3.63) is 40.6 Å². The van der Waals surface area contributed by atoms with Gasteiger partial charge in [0.15, 0.2) is 5.82 Å². The topological polar surface area (TPSA) is 101 Å². The Labute approximate surface area is 117 Å². The van der Waals surface area contributed by atoms with Gasteiger partial charge in [-0.1, -0.05) is 0 Å². The van der Waals surface area contributed by atoms with Crippen LogP contribution in [-0.2, 0) is 16.6 Å². The Morgan fingerprint density at radius 1 is 1.47 bits per heavy atom. The van der Waals surface area contributed by atoms with Gasteiger partial charge in [0.1, 0.15) is 10.7 Å². The molecule has 6 nitrogen and oxygen atoms in total. The maximum Gasteiger partial charge on any atom is 0.244 e. The van der Waals surface area contributed by atoms with E-state index >= 15 is 0 Å².